The van der Waals surface area contributed by atoms with Gasteiger partial charge in [0.1, 0.15) is 12.1 Å². The maximum atomic E-state index is 5.84. The van der Waals surface area contributed by atoms with E-state index in [-0.39, 0.29) is 12.1 Å². The molecule has 2 heterocycles. The SMILES string of the molecule is Cc1ccc2ncnc(NC(C)COC3CCOC3)c2c1. The molecule has 0 radical (unpaired) electrons. The molecule has 1 aromatic carbocycles. The minimum Gasteiger partial charge on any atom is -0.379 e. The Balaban J connectivity index is 1.67. The number of hydrogen-bond donors (Lipinski definition) is 1. The Morgan fingerprint density at radius 1 is 1.43 bits per heavy atom. The van der Waals surface area contributed by atoms with Crippen LogP contribution in [0.25, 0.3) is 10.9 Å². The van der Waals surface area contributed by atoms with Crippen molar-refractivity contribution in [2.45, 2.75) is 32.4 Å². The molecule has 1 saturated heterocycles. The number of nitrogens with one attached hydrogen (secondary N) is 1. The number of fused-ring (bicyclic) bond motifs is 1. The number of rotatable bonds is 5. The van der Waals surface area contributed by atoms with E-state index in [1.54, 1.807) is 6.33 Å². The first kappa shape index (κ1) is 14.2. The van der Waals surface area contributed by atoms with Gasteiger partial charge in [-0.25, -0.2) is 9.97 Å². The fourth-order valence-electron chi connectivity index (χ4n) is 2.49. The molecule has 1 aromatic heterocycles. The summed E-state index contributed by atoms with van der Waals surface area (Å²) in [4.78, 5) is 8.67. The summed E-state index contributed by atoms with van der Waals surface area (Å²) in [5.74, 6) is 0.863. The first-order chi connectivity index (χ1) is 10.2. The van der Waals surface area contributed by atoms with E-state index in [9.17, 15) is 0 Å². The van der Waals surface area contributed by atoms with E-state index in [1.165, 1.54) is 5.56 Å². The Bertz CT molecular complexity index is 611. The summed E-state index contributed by atoms with van der Waals surface area (Å²) in [5.41, 5.74) is 2.16. The largest absolute Gasteiger partial charge is 0.379 e. The topological polar surface area (TPSA) is 56.3 Å². The molecule has 2 aromatic rings. The molecule has 0 amide bonds. The molecule has 112 valence electrons. The lowest BCUT2D eigenvalue weighted by Crippen LogP contribution is -2.26. The van der Waals surface area contributed by atoms with Gasteiger partial charge in [0.2, 0.25) is 0 Å². The van der Waals surface area contributed by atoms with E-state index in [1.807, 2.05) is 6.07 Å². The maximum absolute atomic E-state index is 5.84. The Morgan fingerprint density at radius 3 is 3.14 bits per heavy atom. The zero-order chi connectivity index (χ0) is 14.7. The van der Waals surface area contributed by atoms with Gasteiger partial charge in [-0.2, -0.15) is 0 Å². The Kier molecular flexibility index (Phi) is 4.31. The number of anilines is 1. The van der Waals surface area contributed by atoms with Crippen molar-refractivity contribution in [3.63, 3.8) is 0 Å². The van der Waals surface area contributed by atoms with Crippen molar-refractivity contribution in [1.82, 2.24) is 9.97 Å². The lowest BCUT2D eigenvalue weighted by atomic mass is 10.1. The second kappa shape index (κ2) is 6.37. The molecular formula is C16H21N3O2. The number of aromatic nitrogens is 2. The summed E-state index contributed by atoms with van der Waals surface area (Å²) in [6.07, 6.45) is 2.82. The first-order valence-electron chi connectivity index (χ1n) is 7.39. The first-order valence-corrected chi connectivity index (χ1v) is 7.39. The molecule has 1 aliphatic heterocycles. The van der Waals surface area contributed by atoms with Crippen LogP contribution >= 0.6 is 0 Å². The van der Waals surface area contributed by atoms with E-state index in [2.05, 4.69) is 41.3 Å². The number of benzene rings is 1. The lowest BCUT2D eigenvalue weighted by molar-refractivity contribution is 0.0395. The molecule has 1 N–H and O–H groups in total. The molecule has 2 unspecified atom stereocenters. The number of nitrogens with zero attached hydrogens (tertiary/aromatic N) is 2. The van der Waals surface area contributed by atoms with E-state index in [4.69, 9.17) is 9.47 Å². The van der Waals surface area contributed by atoms with Crippen molar-refractivity contribution in [2.24, 2.45) is 0 Å². The highest BCUT2D eigenvalue weighted by molar-refractivity contribution is 5.89. The molecule has 2 atom stereocenters. The second-order valence-electron chi connectivity index (χ2n) is 5.61. The van der Waals surface area contributed by atoms with Crippen LogP contribution < -0.4 is 5.32 Å². The summed E-state index contributed by atoms with van der Waals surface area (Å²) < 4.78 is 11.2. The molecule has 0 saturated carbocycles. The van der Waals surface area contributed by atoms with Gasteiger partial charge in [0, 0.05) is 18.0 Å². The highest BCUT2D eigenvalue weighted by atomic mass is 16.5. The van der Waals surface area contributed by atoms with Gasteiger partial charge in [-0.05, 0) is 32.4 Å². The Morgan fingerprint density at radius 2 is 2.33 bits per heavy atom. The molecule has 5 nitrogen and oxygen atoms in total. The zero-order valence-electron chi connectivity index (χ0n) is 12.5. The summed E-state index contributed by atoms with van der Waals surface area (Å²) in [7, 11) is 0. The minimum absolute atomic E-state index is 0.184. The summed E-state index contributed by atoms with van der Waals surface area (Å²) in [5, 5.41) is 4.47. The molecule has 21 heavy (non-hydrogen) atoms. The van der Waals surface area contributed by atoms with Gasteiger partial charge in [0.05, 0.1) is 24.8 Å². The predicted octanol–water partition coefficient (Wildman–Crippen LogP) is 2.54. The fourth-order valence-corrected chi connectivity index (χ4v) is 2.49. The number of hydrogen-bond acceptors (Lipinski definition) is 5. The molecule has 0 bridgehead atoms. The van der Waals surface area contributed by atoms with Crippen LogP contribution in [-0.4, -0.2) is 41.9 Å². The monoisotopic (exact) mass is 287 g/mol. The van der Waals surface area contributed by atoms with Crippen molar-refractivity contribution in [2.75, 3.05) is 25.1 Å². The van der Waals surface area contributed by atoms with Crippen molar-refractivity contribution in [1.29, 1.82) is 0 Å². The van der Waals surface area contributed by atoms with Crippen LogP contribution in [0.4, 0.5) is 5.82 Å². The summed E-state index contributed by atoms with van der Waals surface area (Å²) >= 11 is 0. The van der Waals surface area contributed by atoms with E-state index in [0.717, 1.165) is 29.7 Å². The molecule has 1 fully saturated rings. The highest BCUT2D eigenvalue weighted by Gasteiger charge is 2.17. The van der Waals surface area contributed by atoms with Crippen molar-refractivity contribution in [3.8, 4) is 0 Å². The number of aryl methyl sites for hydroxylation is 1. The Hall–Kier alpha value is -1.72. The van der Waals surface area contributed by atoms with Crippen LogP contribution in [0.3, 0.4) is 0 Å². The molecule has 3 rings (SSSR count). The van der Waals surface area contributed by atoms with Gasteiger partial charge < -0.3 is 14.8 Å². The second-order valence-corrected chi connectivity index (χ2v) is 5.61. The molecular weight excluding hydrogens is 266 g/mol. The van der Waals surface area contributed by atoms with Gasteiger partial charge in [-0.15, -0.1) is 0 Å². The third kappa shape index (κ3) is 3.49. The average molecular weight is 287 g/mol. The maximum Gasteiger partial charge on any atom is 0.137 e. The van der Waals surface area contributed by atoms with E-state index < -0.39 is 0 Å². The normalized spacial score (nSPS) is 19.8. The van der Waals surface area contributed by atoms with Crippen molar-refractivity contribution in [3.05, 3.63) is 30.1 Å². The van der Waals surface area contributed by atoms with Crippen LogP contribution in [0.5, 0.6) is 0 Å². The quantitative estimate of drug-likeness (QED) is 0.916. The van der Waals surface area contributed by atoms with Crippen LogP contribution in [0.1, 0.15) is 18.9 Å². The van der Waals surface area contributed by atoms with E-state index >= 15 is 0 Å². The van der Waals surface area contributed by atoms with Crippen LogP contribution in [0.15, 0.2) is 24.5 Å². The molecule has 1 aliphatic rings. The van der Waals surface area contributed by atoms with Gasteiger partial charge in [-0.3, -0.25) is 0 Å². The zero-order valence-corrected chi connectivity index (χ0v) is 12.5. The lowest BCUT2D eigenvalue weighted by Gasteiger charge is -2.18. The van der Waals surface area contributed by atoms with Gasteiger partial charge in [0.15, 0.2) is 0 Å². The average Bonchev–Trinajstić information content (AvgIpc) is 2.99. The van der Waals surface area contributed by atoms with Gasteiger partial charge in [-0.1, -0.05) is 11.6 Å². The minimum atomic E-state index is 0.184. The van der Waals surface area contributed by atoms with Crippen molar-refractivity contribution >= 4 is 16.7 Å². The van der Waals surface area contributed by atoms with Crippen LogP contribution in [-0.2, 0) is 9.47 Å². The smallest absolute Gasteiger partial charge is 0.137 e. The molecule has 0 spiro atoms. The Labute approximate surface area is 124 Å². The number of ether oxygens (including phenoxy) is 2. The standard InChI is InChI=1S/C16H21N3O2/c1-11-3-4-15-14(7-11)16(18-10-17-15)19-12(2)8-21-13-5-6-20-9-13/h3-4,7,10,12-13H,5-6,8-9H2,1-2H3,(H,17,18,19). The van der Waals surface area contributed by atoms with Gasteiger partial charge in [0.25, 0.3) is 0 Å². The van der Waals surface area contributed by atoms with Crippen LogP contribution in [0.2, 0.25) is 0 Å². The van der Waals surface area contributed by atoms with E-state index in [0.29, 0.717) is 13.2 Å². The van der Waals surface area contributed by atoms with Gasteiger partial charge >= 0.3 is 0 Å². The predicted molar refractivity (Wildman–Crippen MR) is 82.5 cm³/mol. The van der Waals surface area contributed by atoms with Crippen LogP contribution in [0, 0.1) is 6.92 Å². The fraction of sp³-hybridized carbons (Fsp3) is 0.500. The summed E-state index contributed by atoms with van der Waals surface area (Å²) in [6.45, 7) is 6.33. The third-order valence-corrected chi connectivity index (χ3v) is 3.64. The highest BCUT2D eigenvalue weighted by Crippen LogP contribution is 2.21. The summed E-state index contributed by atoms with van der Waals surface area (Å²) in [6, 6.07) is 6.38. The third-order valence-electron chi connectivity index (χ3n) is 3.64. The molecule has 5 heteroatoms. The van der Waals surface area contributed by atoms with Crippen molar-refractivity contribution < 1.29 is 9.47 Å². The molecule has 0 aliphatic carbocycles.